The molecule has 0 atom stereocenters. The number of aryl methyl sites for hydroxylation is 3. The molecule has 2 aromatic carbocycles. The average molecular weight is 436 g/mol. The summed E-state index contributed by atoms with van der Waals surface area (Å²) in [4.78, 5) is 0. The number of rotatable bonds is 7. The van der Waals surface area contributed by atoms with Gasteiger partial charge in [0.25, 0.3) is 0 Å². The van der Waals surface area contributed by atoms with Gasteiger partial charge in [0, 0.05) is 18.7 Å². The minimum absolute atomic E-state index is 0.211. The third-order valence-electron chi connectivity index (χ3n) is 4.96. The molecular formula is C23H21N3O4S. The van der Waals surface area contributed by atoms with Crippen LogP contribution in [-0.4, -0.2) is 32.6 Å². The molecule has 158 valence electrons. The molecule has 0 spiro atoms. The van der Waals surface area contributed by atoms with E-state index in [0.29, 0.717) is 41.5 Å². The first kappa shape index (κ1) is 20.7. The second-order valence-corrected chi connectivity index (χ2v) is 7.52. The molecule has 0 aliphatic rings. The van der Waals surface area contributed by atoms with Crippen LogP contribution in [0.15, 0.2) is 51.5 Å². The number of hydrogen-bond acceptors (Lipinski definition) is 7. The quantitative estimate of drug-likeness (QED) is 0.399. The molecule has 4 rings (SSSR count). The molecule has 0 unspecified atom stereocenters. The highest BCUT2D eigenvalue weighted by Gasteiger charge is 2.16. The van der Waals surface area contributed by atoms with Gasteiger partial charge in [0.2, 0.25) is 11.8 Å². The number of hydrogen-bond donors (Lipinski definition) is 1. The van der Waals surface area contributed by atoms with Crippen LogP contribution >= 0.6 is 12.2 Å². The van der Waals surface area contributed by atoms with Gasteiger partial charge >= 0.3 is 0 Å². The lowest BCUT2D eigenvalue weighted by atomic mass is 9.92. The van der Waals surface area contributed by atoms with E-state index >= 15 is 0 Å². The van der Waals surface area contributed by atoms with E-state index < -0.39 is 0 Å². The number of nitrogens with zero attached hydrogens (tertiary/aromatic N) is 3. The number of methoxy groups -OCH3 is 1. The molecule has 1 N–H and O–H groups in total. The van der Waals surface area contributed by atoms with E-state index in [4.69, 9.17) is 25.9 Å². The van der Waals surface area contributed by atoms with Crippen LogP contribution in [-0.2, 0) is 6.42 Å². The van der Waals surface area contributed by atoms with Crippen LogP contribution in [0.4, 0.5) is 0 Å². The first-order valence-electron chi connectivity index (χ1n) is 9.72. The highest BCUT2D eigenvalue weighted by atomic mass is 32.1. The van der Waals surface area contributed by atoms with Crippen LogP contribution in [0.1, 0.15) is 40.5 Å². The summed E-state index contributed by atoms with van der Waals surface area (Å²) in [5.74, 6) is 1.70. The predicted octanol–water partition coefficient (Wildman–Crippen LogP) is 5.13. The molecular weight excluding hydrogens is 414 g/mol. The maximum atomic E-state index is 10.1. The standard InChI is InChI=1S/C23H21N3O4S/c1-13-9-16(11-19(23(27)31)22(13)28-3)18(5-4-6-21-26-25-14(2)29-21)15-7-8-20-17(10-15)12-24-30-20/h5,7-12H,4,6H2,1-3H3,(H,27,31). The monoisotopic (exact) mass is 435 g/mol. The topological polar surface area (TPSA) is 94.4 Å². The van der Waals surface area contributed by atoms with E-state index in [-0.39, 0.29) is 5.05 Å². The van der Waals surface area contributed by atoms with Crippen molar-refractivity contribution < 1.29 is 18.8 Å². The van der Waals surface area contributed by atoms with Crippen LogP contribution in [0.2, 0.25) is 0 Å². The van der Waals surface area contributed by atoms with Gasteiger partial charge < -0.3 is 18.8 Å². The Hall–Kier alpha value is -3.52. The van der Waals surface area contributed by atoms with Crippen molar-refractivity contribution in [2.75, 3.05) is 7.11 Å². The van der Waals surface area contributed by atoms with Gasteiger partial charge in [0.15, 0.2) is 10.6 Å². The molecule has 0 radical (unpaired) electrons. The fraction of sp³-hybridized carbons (Fsp3) is 0.217. The predicted molar refractivity (Wildman–Crippen MR) is 121 cm³/mol. The number of fused-ring (bicyclic) bond motifs is 1. The molecule has 0 saturated heterocycles. The largest absolute Gasteiger partial charge is 0.498 e. The van der Waals surface area contributed by atoms with Crippen LogP contribution in [0.5, 0.6) is 5.75 Å². The van der Waals surface area contributed by atoms with Crippen molar-refractivity contribution in [1.82, 2.24) is 15.4 Å². The molecule has 0 bridgehead atoms. The minimum Gasteiger partial charge on any atom is -0.498 e. The zero-order chi connectivity index (χ0) is 22.0. The Labute approximate surface area is 184 Å². The van der Waals surface area contributed by atoms with Gasteiger partial charge in [0.05, 0.1) is 18.9 Å². The Balaban J connectivity index is 1.79. The van der Waals surface area contributed by atoms with Gasteiger partial charge in [-0.05, 0) is 72.1 Å². The van der Waals surface area contributed by atoms with Crippen molar-refractivity contribution in [2.45, 2.75) is 26.7 Å². The Kier molecular flexibility index (Phi) is 5.81. The fourth-order valence-electron chi connectivity index (χ4n) is 3.58. The Bertz CT molecular complexity index is 1290. The highest BCUT2D eigenvalue weighted by Crippen LogP contribution is 2.33. The Morgan fingerprint density at radius 2 is 2.00 bits per heavy atom. The number of allylic oxidation sites excluding steroid dienone is 1. The Morgan fingerprint density at radius 1 is 1.16 bits per heavy atom. The van der Waals surface area contributed by atoms with Crippen molar-refractivity contribution in [3.05, 3.63) is 76.6 Å². The molecule has 0 amide bonds. The molecule has 0 aliphatic carbocycles. The van der Waals surface area contributed by atoms with Gasteiger partial charge in [-0.25, -0.2) is 0 Å². The maximum Gasteiger partial charge on any atom is 0.216 e. The zero-order valence-electron chi connectivity index (χ0n) is 17.4. The van der Waals surface area contributed by atoms with E-state index in [1.54, 1.807) is 20.2 Å². The summed E-state index contributed by atoms with van der Waals surface area (Å²) < 4.78 is 16.2. The third kappa shape index (κ3) is 4.34. The molecule has 7 nitrogen and oxygen atoms in total. The summed E-state index contributed by atoms with van der Waals surface area (Å²) >= 11 is 5.05. The van der Waals surface area contributed by atoms with Crippen molar-refractivity contribution in [2.24, 2.45) is 0 Å². The van der Waals surface area contributed by atoms with E-state index in [1.165, 1.54) is 0 Å². The number of aliphatic hydroxyl groups excluding tert-OH is 1. The fourth-order valence-corrected chi connectivity index (χ4v) is 3.73. The summed E-state index contributed by atoms with van der Waals surface area (Å²) in [7, 11) is 1.56. The SMILES string of the molecule is COc1c(C)cc(C(=CCCc2nnc(C)o2)c2ccc3oncc3c2)cc1C(O)=S. The number of benzene rings is 2. The van der Waals surface area contributed by atoms with E-state index in [1.807, 2.05) is 37.3 Å². The van der Waals surface area contributed by atoms with Crippen LogP contribution in [0.3, 0.4) is 0 Å². The first-order chi connectivity index (χ1) is 15.0. The summed E-state index contributed by atoms with van der Waals surface area (Å²) in [6, 6.07) is 9.74. The summed E-state index contributed by atoms with van der Waals surface area (Å²) in [5, 5.41) is 22.6. The van der Waals surface area contributed by atoms with Crippen molar-refractivity contribution in [1.29, 1.82) is 0 Å². The molecule has 8 heteroatoms. The number of ether oxygens (including phenoxy) is 1. The second kappa shape index (κ2) is 8.69. The van der Waals surface area contributed by atoms with Crippen LogP contribution in [0.25, 0.3) is 16.5 Å². The molecule has 0 saturated carbocycles. The minimum atomic E-state index is -0.211. The first-order valence-corrected chi connectivity index (χ1v) is 10.1. The van der Waals surface area contributed by atoms with Crippen molar-refractivity contribution >= 4 is 33.8 Å². The van der Waals surface area contributed by atoms with Gasteiger partial charge in [0.1, 0.15) is 5.75 Å². The third-order valence-corrected chi connectivity index (χ3v) is 5.18. The second-order valence-electron chi connectivity index (χ2n) is 7.13. The summed E-state index contributed by atoms with van der Waals surface area (Å²) in [6.07, 6.45) is 5.09. The van der Waals surface area contributed by atoms with E-state index in [9.17, 15) is 5.11 Å². The van der Waals surface area contributed by atoms with Gasteiger partial charge in [-0.1, -0.05) is 17.3 Å². The molecule has 0 fully saturated rings. The molecule has 31 heavy (non-hydrogen) atoms. The van der Waals surface area contributed by atoms with Crippen molar-refractivity contribution in [3.63, 3.8) is 0 Å². The molecule has 0 aliphatic heterocycles. The van der Waals surface area contributed by atoms with Crippen LogP contribution in [0, 0.1) is 13.8 Å². The maximum absolute atomic E-state index is 10.1. The zero-order valence-corrected chi connectivity index (χ0v) is 18.2. The highest BCUT2D eigenvalue weighted by molar-refractivity contribution is 7.80. The number of aliphatic hydroxyl groups is 1. The molecule has 2 aromatic heterocycles. The lowest BCUT2D eigenvalue weighted by Crippen LogP contribution is -2.03. The molecule has 2 heterocycles. The van der Waals surface area contributed by atoms with Crippen molar-refractivity contribution in [3.8, 4) is 5.75 Å². The Morgan fingerprint density at radius 3 is 2.71 bits per heavy atom. The lowest BCUT2D eigenvalue weighted by molar-refractivity contribution is 0.409. The normalized spacial score (nSPS) is 11.8. The average Bonchev–Trinajstić information content (AvgIpc) is 3.38. The summed E-state index contributed by atoms with van der Waals surface area (Å²) in [5.41, 5.74) is 4.93. The lowest BCUT2D eigenvalue weighted by Gasteiger charge is -2.15. The van der Waals surface area contributed by atoms with Crippen LogP contribution < -0.4 is 4.74 Å². The van der Waals surface area contributed by atoms with Gasteiger partial charge in [-0.2, -0.15) is 0 Å². The van der Waals surface area contributed by atoms with E-state index in [0.717, 1.165) is 27.6 Å². The molecule has 4 aromatic rings. The smallest absolute Gasteiger partial charge is 0.216 e. The summed E-state index contributed by atoms with van der Waals surface area (Å²) in [6.45, 7) is 3.69. The van der Waals surface area contributed by atoms with Gasteiger partial charge in [-0.15, -0.1) is 10.2 Å². The van der Waals surface area contributed by atoms with E-state index in [2.05, 4.69) is 21.4 Å². The van der Waals surface area contributed by atoms with Gasteiger partial charge in [-0.3, -0.25) is 0 Å². The number of aromatic nitrogens is 3. The number of thiocarbonyl (C=S) groups is 1.